The third kappa shape index (κ3) is 3.49. The standard InChI is InChI=1S/C15H11Cl3F2O/c1-15(21,7-8-3-2-4-10(16)14(8)20)9-5-13(19)12(18)6-11(9)17/h2-6,21H,7H2,1H3. The second kappa shape index (κ2) is 6.09. The zero-order chi connectivity index (χ0) is 15.8. The Labute approximate surface area is 136 Å². The second-order valence-electron chi connectivity index (χ2n) is 4.91. The van der Waals surface area contributed by atoms with Crippen molar-refractivity contribution in [3.63, 3.8) is 0 Å². The fourth-order valence-electron chi connectivity index (χ4n) is 2.09. The molecule has 6 heteroatoms. The van der Waals surface area contributed by atoms with Crippen molar-refractivity contribution < 1.29 is 13.9 Å². The number of rotatable bonds is 3. The van der Waals surface area contributed by atoms with Gasteiger partial charge in [-0.25, -0.2) is 8.78 Å². The highest BCUT2D eigenvalue weighted by molar-refractivity contribution is 6.35. The van der Waals surface area contributed by atoms with Crippen molar-refractivity contribution in [3.8, 4) is 0 Å². The summed E-state index contributed by atoms with van der Waals surface area (Å²) in [5.74, 6) is -1.33. The summed E-state index contributed by atoms with van der Waals surface area (Å²) in [5, 5.41) is 10.5. The van der Waals surface area contributed by atoms with Crippen LogP contribution >= 0.6 is 34.8 Å². The van der Waals surface area contributed by atoms with E-state index in [1.54, 1.807) is 6.07 Å². The fourth-order valence-corrected chi connectivity index (χ4v) is 2.87. The zero-order valence-corrected chi connectivity index (χ0v) is 13.2. The summed E-state index contributed by atoms with van der Waals surface area (Å²) in [6.45, 7) is 1.42. The summed E-state index contributed by atoms with van der Waals surface area (Å²) < 4.78 is 27.5. The summed E-state index contributed by atoms with van der Waals surface area (Å²) in [4.78, 5) is 0. The Morgan fingerprint density at radius 2 is 1.71 bits per heavy atom. The van der Waals surface area contributed by atoms with Gasteiger partial charge in [-0.3, -0.25) is 0 Å². The smallest absolute Gasteiger partial charge is 0.145 e. The topological polar surface area (TPSA) is 20.2 Å². The van der Waals surface area contributed by atoms with Crippen molar-refractivity contribution in [2.75, 3.05) is 0 Å². The van der Waals surface area contributed by atoms with E-state index in [1.807, 2.05) is 0 Å². The SMILES string of the molecule is CC(O)(Cc1cccc(Cl)c1F)c1cc(F)c(Cl)cc1Cl. The van der Waals surface area contributed by atoms with Crippen molar-refractivity contribution >= 4 is 34.8 Å². The predicted octanol–water partition coefficient (Wildman–Crippen LogP) is 5.38. The molecule has 0 radical (unpaired) electrons. The van der Waals surface area contributed by atoms with E-state index in [4.69, 9.17) is 34.8 Å². The van der Waals surface area contributed by atoms with Crippen LogP contribution < -0.4 is 0 Å². The van der Waals surface area contributed by atoms with Crippen LogP contribution in [0.5, 0.6) is 0 Å². The van der Waals surface area contributed by atoms with Crippen LogP contribution in [0.1, 0.15) is 18.1 Å². The van der Waals surface area contributed by atoms with E-state index in [2.05, 4.69) is 0 Å². The third-order valence-electron chi connectivity index (χ3n) is 3.16. The Morgan fingerprint density at radius 1 is 1.05 bits per heavy atom. The summed E-state index contributed by atoms with van der Waals surface area (Å²) in [5.41, 5.74) is -1.24. The molecule has 0 heterocycles. The molecule has 0 aliphatic rings. The summed E-state index contributed by atoms with van der Waals surface area (Å²) in [6.07, 6.45) is -0.111. The number of benzene rings is 2. The van der Waals surface area contributed by atoms with Gasteiger partial charge in [-0.2, -0.15) is 0 Å². The van der Waals surface area contributed by atoms with E-state index < -0.39 is 17.2 Å². The van der Waals surface area contributed by atoms with Gasteiger partial charge < -0.3 is 5.11 Å². The Morgan fingerprint density at radius 3 is 2.38 bits per heavy atom. The van der Waals surface area contributed by atoms with E-state index in [0.29, 0.717) is 0 Å². The van der Waals surface area contributed by atoms with Gasteiger partial charge in [-0.1, -0.05) is 46.9 Å². The molecule has 112 valence electrons. The van der Waals surface area contributed by atoms with Gasteiger partial charge in [-0.05, 0) is 30.7 Å². The van der Waals surface area contributed by atoms with Crippen LogP contribution in [0.4, 0.5) is 8.78 Å². The van der Waals surface area contributed by atoms with E-state index >= 15 is 0 Å². The van der Waals surface area contributed by atoms with Crippen molar-refractivity contribution in [2.24, 2.45) is 0 Å². The maximum atomic E-state index is 13.9. The molecule has 0 aliphatic heterocycles. The lowest BCUT2D eigenvalue weighted by atomic mass is 9.88. The molecule has 1 nitrogen and oxygen atoms in total. The molecule has 2 aromatic carbocycles. The van der Waals surface area contributed by atoms with Crippen LogP contribution in [0.3, 0.4) is 0 Å². The Kier molecular flexibility index (Phi) is 4.79. The van der Waals surface area contributed by atoms with E-state index in [9.17, 15) is 13.9 Å². The average Bonchev–Trinajstić information content (AvgIpc) is 2.39. The number of halogens is 5. The molecule has 0 aromatic heterocycles. The monoisotopic (exact) mass is 350 g/mol. The molecule has 1 atom stereocenters. The van der Waals surface area contributed by atoms with Crippen LogP contribution in [0, 0.1) is 11.6 Å². The lowest BCUT2D eigenvalue weighted by molar-refractivity contribution is 0.0565. The highest BCUT2D eigenvalue weighted by Crippen LogP contribution is 2.35. The average molecular weight is 352 g/mol. The van der Waals surface area contributed by atoms with E-state index in [1.165, 1.54) is 25.1 Å². The lowest BCUT2D eigenvalue weighted by Gasteiger charge is -2.25. The molecule has 0 aliphatic carbocycles. The normalized spacial score (nSPS) is 14.0. The van der Waals surface area contributed by atoms with Gasteiger partial charge in [0.15, 0.2) is 0 Å². The molecular weight excluding hydrogens is 341 g/mol. The van der Waals surface area contributed by atoms with E-state index in [-0.39, 0.29) is 32.6 Å². The van der Waals surface area contributed by atoms with Crippen LogP contribution in [0.15, 0.2) is 30.3 Å². The van der Waals surface area contributed by atoms with Gasteiger partial charge in [0.25, 0.3) is 0 Å². The maximum absolute atomic E-state index is 13.9. The minimum atomic E-state index is -1.58. The Hall–Kier alpha value is -0.870. The molecule has 21 heavy (non-hydrogen) atoms. The molecule has 0 spiro atoms. The first kappa shape index (κ1) is 16.5. The van der Waals surface area contributed by atoms with Crippen molar-refractivity contribution in [3.05, 3.63) is 68.2 Å². The molecule has 0 saturated carbocycles. The first-order chi connectivity index (χ1) is 9.72. The van der Waals surface area contributed by atoms with Gasteiger partial charge in [0.2, 0.25) is 0 Å². The van der Waals surface area contributed by atoms with Crippen molar-refractivity contribution in [1.82, 2.24) is 0 Å². The van der Waals surface area contributed by atoms with Crippen molar-refractivity contribution in [2.45, 2.75) is 18.9 Å². The molecule has 0 saturated heterocycles. The molecule has 2 aromatic rings. The first-order valence-corrected chi connectivity index (χ1v) is 7.16. The minimum Gasteiger partial charge on any atom is -0.385 e. The van der Waals surface area contributed by atoms with Gasteiger partial charge >= 0.3 is 0 Å². The van der Waals surface area contributed by atoms with E-state index in [0.717, 1.165) is 6.07 Å². The van der Waals surface area contributed by atoms with Crippen LogP contribution in [-0.4, -0.2) is 5.11 Å². The summed E-state index contributed by atoms with van der Waals surface area (Å²) in [6, 6.07) is 6.73. The Balaban J connectivity index is 2.43. The van der Waals surface area contributed by atoms with Gasteiger partial charge in [0.1, 0.15) is 11.6 Å². The predicted molar refractivity (Wildman–Crippen MR) is 81.1 cm³/mol. The number of hydrogen-bond donors (Lipinski definition) is 1. The highest BCUT2D eigenvalue weighted by Gasteiger charge is 2.29. The van der Waals surface area contributed by atoms with Crippen LogP contribution in [0.2, 0.25) is 15.1 Å². The van der Waals surface area contributed by atoms with Crippen LogP contribution in [0.25, 0.3) is 0 Å². The molecule has 2 rings (SSSR count). The quantitative estimate of drug-likeness (QED) is 0.737. The third-order valence-corrected chi connectivity index (χ3v) is 4.05. The van der Waals surface area contributed by atoms with Gasteiger partial charge in [0.05, 0.1) is 15.6 Å². The summed E-state index contributed by atoms with van der Waals surface area (Å²) >= 11 is 17.3. The molecule has 0 bridgehead atoms. The Bertz CT molecular complexity index is 687. The van der Waals surface area contributed by atoms with Crippen LogP contribution in [-0.2, 0) is 12.0 Å². The molecule has 0 amide bonds. The highest BCUT2D eigenvalue weighted by atomic mass is 35.5. The lowest BCUT2D eigenvalue weighted by Crippen LogP contribution is -2.25. The first-order valence-electron chi connectivity index (χ1n) is 6.02. The number of aliphatic hydroxyl groups is 1. The fraction of sp³-hybridized carbons (Fsp3) is 0.200. The molecule has 0 fully saturated rings. The maximum Gasteiger partial charge on any atom is 0.145 e. The molecule has 1 N–H and O–H groups in total. The molecular formula is C15H11Cl3F2O. The largest absolute Gasteiger partial charge is 0.385 e. The zero-order valence-electron chi connectivity index (χ0n) is 10.9. The number of hydrogen-bond acceptors (Lipinski definition) is 1. The molecule has 1 unspecified atom stereocenters. The van der Waals surface area contributed by atoms with Gasteiger partial charge in [0, 0.05) is 17.0 Å². The van der Waals surface area contributed by atoms with Gasteiger partial charge in [-0.15, -0.1) is 0 Å². The van der Waals surface area contributed by atoms with Crippen molar-refractivity contribution in [1.29, 1.82) is 0 Å². The minimum absolute atomic E-state index is 0.0447. The second-order valence-corrected chi connectivity index (χ2v) is 6.13. The summed E-state index contributed by atoms with van der Waals surface area (Å²) in [7, 11) is 0.